The highest BCUT2D eigenvalue weighted by Crippen LogP contribution is 2.28. The zero-order valence-corrected chi connectivity index (χ0v) is 10.7. The van der Waals surface area contributed by atoms with E-state index >= 15 is 0 Å². The van der Waals surface area contributed by atoms with Gasteiger partial charge in [-0.05, 0) is 39.0 Å². The van der Waals surface area contributed by atoms with Gasteiger partial charge in [-0.3, -0.25) is 0 Å². The highest BCUT2D eigenvalue weighted by Gasteiger charge is 2.18. The normalized spacial score (nSPS) is 13.5. The maximum Gasteiger partial charge on any atom is 0.141 e. The van der Waals surface area contributed by atoms with Crippen LogP contribution in [0.5, 0.6) is 5.75 Å². The summed E-state index contributed by atoms with van der Waals surface area (Å²) in [6.07, 6.45) is -1.29. The molecule has 0 radical (unpaired) electrons. The van der Waals surface area contributed by atoms with Gasteiger partial charge in [0.2, 0.25) is 0 Å². The summed E-state index contributed by atoms with van der Waals surface area (Å²) >= 11 is 0. The van der Waals surface area contributed by atoms with E-state index in [-0.39, 0.29) is 17.6 Å². The number of alkyl halides is 1. The van der Waals surface area contributed by atoms with Gasteiger partial charge in [0.05, 0.1) is 7.11 Å². The minimum atomic E-state index is -1.29. The van der Waals surface area contributed by atoms with Crippen molar-refractivity contribution in [3.8, 4) is 5.75 Å². The average molecular weight is 243 g/mol. The van der Waals surface area contributed by atoms with Gasteiger partial charge in [-0.2, -0.15) is 0 Å². The van der Waals surface area contributed by atoms with Crippen molar-refractivity contribution in [3.05, 3.63) is 29.6 Å². The first-order chi connectivity index (χ1) is 7.83. The van der Waals surface area contributed by atoms with Gasteiger partial charge < -0.3 is 10.1 Å². The molecule has 0 bridgehead atoms. The number of hydrogen-bond acceptors (Lipinski definition) is 2. The van der Waals surface area contributed by atoms with Crippen molar-refractivity contribution in [2.45, 2.75) is 32.5 Å². The molecule has 0 amide bonds. The van der Waals surface area contributed by atoms with Crippen LogP contribution in [-0.4, -0.2) is 19.2 Å². The molecule has 0 aliphatic heterocycles. The number of halogens is 2. The highest BCUT2D eigenvalue weighted by molar-refractivity contribution is 5.35. The van der Waals surface area contributed by atoms with Gasteiger partial charge in [-0.15, -0.1) is 0 Å². The third-order valence-corrected chi connectivity index (χ3v) is 2.34. The minimum Gasteiger partial charge on any atom is -0.496 e. The molecule has 0 aliphatic rings. The van der Waals surface area contributed by atoms with Crippen molar-refractivity contribution < 1.29 is 13.5 Å². The Morgan fingerprint density at radius 2 is 2.00 bits per heavy atom. The SMILES string of the molecule is COc1ccc(F)cc1C(F)CNC(C)(C)C. The topological polar surface area (TPSA) is 21.3 Å². The van der Waals surface area contributed by atoms with E-state index in [2.05, 4.69) is 5.32 Å². The number of benzene rings is 1. The molecule has 1 aromatic rings. The van der Waals surface area contributed by atoms with Crippen molar-refractivity contribution in [2.75, 3.05) is 13.7 Å². The second kappa shape index (κ2) is 5.45. The largest absolute Gasteiger partial charge is 0.496 e. The monoisotopic (exact) mass is 243 g/mol. The Bertz CT molecular complexity index is 374. The predicted octanol–water partition coefficient (Wildman–Crippen LogP) is 3.23. The maximum atomic E-state index is 14.0. The van der Waals surface area contributed by atoms with E-state index in [1.54, 1.807) is 0 Å². The second-order valence-electron chi connectivity index (χ2n) is 4.98. The molecule has 0 saturated heterocycles. The van der Waals surface area contributed by atoms with Crippen LogP contribution in [0, 0.1) is 5.82 Å². The summed E-state index contributed by atoms with van der Waals surface area (Å²) in [6, 6.07) is 3.87. The molecule has 0 heterocycles. The van der Waals surface area contributed by atoms with Crippen LogP contribution in [0.4, 0.5) is 8.78 Å². The molecule has 0 spiro atoms. The Kier molecular flexibility index (Phi) is 4.46. The number of rotatable bonds is 4. The summed E-state index contributed by atoms with van der Waals surface area (Å²) in [5.74, 6) is -0.0891. The third-order valence-electron chi connectivity index (χ3n) is 2.34. The quantitative estimate of drug-likeness (QED) is 0.876. The first kappa shape index (κ1) is 13.9. The molecule has 2 nitrogen and oxygen atoms in total. The molecule has 1 unspecified atom stereocenters. The second-order valence-corrected chi connectivity index (χ2v) is 4.98. The van der Waals surface area contributed by atoms with Gasteiger partial charge in [0.25, 0.3) is 0 Å². The molecule has 4 heteroatoms. The summed E-state index contributed by atoms with van der Waals surface area (Å²) in [4.78, 5) is 0. The lowest BCUT2D eigenvalue weighted by molar-refractivity contribution is 0.281. The molecular formula is C13H19F2NO. The van der Waals surface area contributed by atoms with Crippen molar-refractivity contribution >= 4 is 0 Å². The van der Waals surface area contributed by atoms with Crippen LogP contribution in [0.15, 0.2) is 18.2 Å². The van der Waals surface area contributed by atoms with Crippen LogP contribution in [-0.2, 0) is 0 Å². The lowest BCUT2D eigenvalue weighted by Crippen LogP contribution is -2.37. The van der Waals surface area contributed by atoms with Crippen LogP contribution < -0.4 is 10.1 Å². The zero-order chi connectivity index (χ0) is 13.1. The maximum absolute atomic E-state index is 14.0. The minimum absolute atomic E-state index is 0.128. The fraction of sp³-hybridized carbons (Fsp3) is 0.538. The Balaban J connectivity index is 2.80. The van der Waals surface area contributed by atoms with E-state index in [0.29, 0.717) is 5.75 Å². The van der Waals surface area contributed by atoms with Crippen molar-refractivity contribution in [1.82, 2.24) is 5.32 Å². The first-order valence-corrected chi connectivity index (χ1v) is 5.56. The molecule has 0 aromatic heterocycles. The van der Waals surface area contributed by atoms with Crippen LogP contribution in [0.3, 0.4) is 0 Å². The lowest BCUT2D eigenvalue weighted by atomic mass is 10.1. The molecule has 1 atom stereocenters. The fourth-order valence-electron chi connectivity index (χ4n) is 1.46. The Morgan fingerprint density at radius 3 is 2.53 bits per heavy atom. The summed E-state index contributed by atoms with van der Waals surface area (Å²) in [5, 5.41) is 3.04. The Hall–Kier alpha value is -1.16. The molecule has 96 valence electrons. The van der Waals surface area contributed by atoms with Gasteiger partial charge in [-0.25, -0.2) is 8.78 Å². The number of ether oxygens (including phenoxy) is 1. The molecule has 0 aliphatic carbocycles. The highest BCUT2D eigenvalue weighted by atomic mass is 19.1. The van der Waals surface area contributed by atoms with Crippen LogP contribution in [0.2, 0.25) is 0 Å². The molecule has 1 rings (SSSR count). The smallest absolute Gasteiger partial charge is 0.141 e. The van der Waals surface area contributed by atoms with E-state index in [4.69, 9.17) is 4.74 Å². The lowest BCUT2D eigenvalue weighted by Gasteiger charge is -2.22. The molecule has 17 heavy (non-hydrogen) atoms. The molecule has 0 saturated carbocycles. The summed E-state index contributed by atoms with van der Waals surface area (Å²) in [6.45, 7) is 5.97. The Morgan fingerprint density at radius 1 is 1.35 bits per heavy atom. The van der Waals surface area contributed by atoms with Crippen LogP contribution in [0.25, 0.3) is 0 Å². The molecule has 0 fully saturated rings. The Labute approximate surface area is 101 Å². The average Bonchev–Trinajstić information content (AvgIpc) is 2.25. The van der Waals surface area contributed by atoms with E-state index in [1.807, 2.05) is 20.8 Å². The van der Waals surface area contributed by atoms with E-state index in [1.165, 1.54) is 25.3 Å². The van der Waals surface area contributed by atoms with E-state index in [0.717, 1.165) is 0 Å². The van der Waals surface area contributed by atoms with Gasteiger partial charge in [0, 0.05) is 17.6 Å². The summed E-state index contributed by atoms with van der Waals surface area (Å²) < 4.78 is 32.1. The van der Waals surface area contributed by atoms with Crippen molar-refractivity contribution in [1.29, 1.82) is 0 Å². The van der Waals surface area contributed by atoms with Crippen molar-refractivity contribution in [3.63, 3.8) is 0 Å². The summed E-state index contributed by atoms with van der Waals surface area (Å²) in [7, 11) is 1.45. The van der Waals surface area contributed by atoms with Crippen LogP contribution >= 0.6 is 0 Å². The zero-order valence-electron chi connectivity index (χ0n) is 10.7. The van der Waals surface area contributed by atoms with Gasteiger partial charge >= 0.3 is 0 Å². The molecule has 1 aromatic carbocycles. The number of nitrogens with one attached hydrogen (secondary N) is 1. The van der Waals surface area contributed by atoms with E-state index < -0.39 is 12.0 Å². The molecule has 1 N–H and O–H groups in total. The number of hydrogen-bond donors (Lipinski definition) is 1. The third kappa shape index (κ3) is 4.30. The fourth-order valence-corrected chi connectivity index (χ4v) is 1.46. The standard InChI is InChI=1S/C13H19F2NO/c1-13(2,3)16-8-11(15)10-7-9(14)5-6-12(10)17-4/h5-7,11,16H,8H2,1-4H3. The summed E-state index contributed by atoms with van der Waals surface area (Å²) in [5.41, 5.74) is 0.0644. The van der Waals surface area contributed by atoms with Crippen LogP contribution in [0.1, 0.15) is 32.5 Å². The predicted molar refractivity (Wildman–Crippen MR) is 64.6 cm³/mol. The van der Waals surface area contributed by atoms with Gasteiger partial charge in [0.1, 0.15) is 17.7 Å². The number of methoxy groups -OCH3 is 1. The van der Waals surface area contributed by atoms with E-state index in [9.17, 15) is 8.78 Å². The van der Waals surface area contributed by atoms with Gasteiger partial charge in [0.15, 0.2) is 0 Å². The van der Waals surface area contributed by atoms with Gasteiger partial charge in [-0.1, -0.05) is 0 Å². The first-order valence-electron chi connectivity index (χ1n) is 5.56. The van der Waals surface area contributed by atoms with Crippen molar-refractivity contribution in [2.24, 2.45) is 0 Å². The molecular weight excluding hydrogens is 224 g/mol.